The summed E-state index contributed by atoms with van der Waals surface area (Å²) < 4.78 is 0. The van der Waals surface area contributed by atoms with Crippen LogP contribution in [-0.2, 0) is 14.4 Å². The first-order valence-corrected chi connectivity index (χ1v) is 12.4. The maximum atomic E-state index is 12.1. The molecule has 0 aliphatic rings. The molecule has 6 nitrogen and oxygen atoms in total. The molecule has 0 saturated carbocycles. The summed E-state index contributed by atoms with van der Waals surface area (Å²) in [6.07, 6.45) is 14.1. The number of rotatable bonds is 16. The molecule has 3 N–H and O–H groups in total. The summed E-state index contributed by atoms with van der Waals surface area (Å²) in [5.74, 6) is -0.774. The van der Waals surface area contributed by atoms with Crippen LogP contribution in [0.3, 0.4) is 0 Å². The van der Waals surface area contributed by atoms with Gasteiger partial charge in [0.1, 0.15) is 0 Å². The summed E-state index contributed by atoms with van der Waals surface area (Å²) in [5.41, 5.74) is 7.63. The highest BCUT2D eigenvalue weighted by atomic mass is 16.2. The molecule has 1 aromatic carbocycles. The number of anilines is 1. The number of carbonyl (C=O) groups is 3. The Balaban J connectivity index is 2.01. The third-order valence-electron chi connectivity index (χ3n) is 5.60. The predicted octanol–water partition coefficient (Wildman–Crippen LogP) is 5.87. The second kappa shape index (κ2) is 17.2. The molecule has 1 aromatic rings. The third kappa shape index (κ3) is 13.8. The number of hydrogen-bond acceptors (Lipinski definition) is 3. The van der Waals surface area contributed by atoms with Crippen molar-refractivity contribution in [3.63, 3.8) is 0 Å². The lowest BCUT2D eigenvalue weighted by Gasteiger charge is -2.10. The average Bonchev–Trinajstić information content (AvgIpc) is 2.77. The maximum absolute atomic E-state index is 12.1. The van der Waals surface area contributed by atoms with Gasteiger partial charge < -0.3 is 5.32 Å². The largest absolute Gasteiger partial charge is 0.326 e. The molecule has 0 unspecified atom stereocenters. The van der Waals surface area contributed by atoms with Crippen LogP contribution in [0.1, 0.15) is 108 Å². The van der Waals surface area contributed by atoms with E-state index in [0.29, 0.717) is 6.42 Å². The highest BCUT2D eigenvalue weighted by Gasteiger charge is 2.10. The van der Waals surface area contributed by atoms with Crippen molar-refractivity contribution < 1.29 is 14.4 Å². The SMILES string of the molecule is CCCCCCCCCCCCCC(=O)NNC(=O)CCC(=O)Nc1cc(C)ccc1C. The summed E-state index contributed by atoms with van der Waals surface area (Å²) in [5, 5.41) is 2.83. The van der Waals surface area contributed by atoms with Gasteiger partial charge in [0, 0.05) is 24.9 Å². The molecule has 0 fully saturated rings. The lowest BCUT2D eigenvalue weighted by atomic mass is 10.1. The smallest absolute Gasteiger partial charge is 0.238 e. The summed E-state index contributed by atoms with van der Waals surface area (Å²) in [6.45, 7) is 6.12. The van der Waals surface area contributed by atoms with Crippen LogP contribution in [0.5, 0.6) is 0 Å². The van der Waals surface area contributed by atoms with Crippen LogP contribution in [0.25, 0.3) is 0 Å². The van der Waals surface area contributed by atoms with E-state index in [1.807, 2.05) is 32.0 Å². The third-order valence-corrected chi connectivity index (χ3v) is 5.60. The Morgan fingerprint density at radius 3 is 1.75 bits per heavy atom. The minimum Gasteiger partial charge on any atom is -0.326 e. The van der Waals surface area contributed by atoms with Crippen LogP contribution in [0.4, 0.5) is 5.69 Å². The molecule has 0 bridgehead atoms. The van der Waals surface area contributed by atoms with Crippen LogP contribution in [0.15, 0.2) is 18.2 Å². The molecule has 3 amide bonds. The zero-order valence-corrected chi connectivity index (χ0v) is 20.4. The zero-order valence-electron chi connectivity index (χ0n) is 20.4. The first-order valence-electron chi connectivity index (χ1n) is 12.4. The number of aryl methyl sites for hydroxylation is 2. The van der Waals surface area contributed by atoms with Crippen molar-refractivity contribution in [1.82, 2.24) is 10.9 Å². The lowest BCUT2D eigenvalue weighted by molar-refractivity contribution is -0.129. The van der Waals surface area contributed by atoms with E-state index in [4.69, 9.17) is 0 Å². The molecule has 0 radical (unpaired) electrons. The van der Waals surface area contributed by atoms with Crippen molar-refractivity contribution >= 4 is 23.4 Å². The highest BCUT2D eigenvalue weighted by Crippen LogP contribution is 2.16. The Morgan fingerprint density at radius 2 is 1.16 bits per heavy atom. The van der Waals surface area contributed by atoms with E-state index in [1.54, 1.807) is 0 Å². The lowest BCUT2D eigenvalue weighted by Crippen LogP contribution is -2.41. The quantitative estimate of drug-likeness (QED) is 0.220. The minimum absolute atomic E-state index is 0.0232. The zero-order chi connectivity index (χ0) is 23.6. The fraction of sp³-hybridized carbons (Fsp3) is 0.654. The van der Waals surface area contributed by atoms with Crippen LogP contribution in [-0.4, -0.2) is 17.7 Å². The molecule has 6 heteroatoms. The monoisotopic (exact) mass is 445 g/mol. The molecule has 0 heterocycles. The predicted molar refractivity (Wildman–Crippen MR) is 131 cm³/mol. The van der Waals surface area contributed by atoms with Crippen molar-refractivity contribution in [1.29, 1.82) is 0 Å². The molecular weight excluding hydrogens is 402 g/mol. The van der Waals surface area contributed by atoms with Crippen LogP contribution in [0.2, 0.25) is 0 Å². The van der Waals surface area contributed by atoms with Gasteiger partial charge >= 0.3 is 0 Å². The van der Waals surface area contributed by atoms with E-state index in [-0.39, 0.29) is 30.6 Å². The molecule has 0 saturated heterocycles. The number of unbranched alkanes of at least 4 members (excludes halogenated alkanes) is 10. The number of hydrogen-bond donors (Lipinski definition) is 3. The molecule has 0 aromatic heterocycles. The molecule has 0 aliphatic heterocycles. The molecule has 0 spiro atoms. The van der Waals surface area contributed by atoms with Gasteiger partial charge in [0.15, 0.2) is 0 Å². The number of carbonyl (C=O) groups excluding carboxylic acids is 3. The van der Waals surface area contributed by atoms with Crippen molar-refractivity contribution in [2.45, 2.75) is 111 Å². The van der Waals surface area contributed by atoms with Crippen molar-refractivity contribution in [2.24, 2.45) is 0 Å². The fourth-order valence-electron chi connectivity index (χ4n) is 3.52. The van der Waals surface area contributed by atoms with Crippen LogP contribution < -0.4 is 16.2 Å². The van der Waals surface area contributed by atoms with E-state index in [9.17, 15) is 14.4 Å². The topological polar surface area (TPSA) is 87.3 Å². The second-order valence-electron chi connectivity index (χ2n) is 8.75. The minimum atomic E-state index is -0.367. The first kappa shape index (κ1) is 27.7. The van der Waals surface area contributed by atoms with Gasteiger partial charge in [0.05, 0.1) is 0 Å². The van der Waals surface area contributed by atoms with Crippen LogP contribution in [0, 0.1) is 13.8 Å². The summed E-state index contributed by atoms with van der Waals surface area (Å²) in [4.78, 5) is 35.8. The molecule has 32 heavy (non-hydrogen) atoms. The Bertz CT molecular complexity index is 704. The van der Waals surface area contributed by atoms with E-state index < -0.39 is 0 Å². The first-order chi connectivity index (χ1) is 15.4. The summed E-state index contributed by atoms with van der Waals surface area (Å²) in [7, 11) is 0. The van der Waals surface area contributed by atoms with Gasteiger partial charge in [-0.3, -0.25) is 25.2 Å². The molecule has 0 aliphatic carbocycles. The Morgan fingerprint density at radius 1 is 0.656 bits per heavy atom. The Labute approximate surface area is 194 Å². The fourth-order valence-corrected chi connectivity index (χ4v) is 3.52. The van der Waals surface area contributed by atoms with Gasteiger partial charge in [-0.05, 0) is 37.5 Å². The summed E-state index contributed by atoms with van der Waals surface area (Å²) >= 11 is 0. The second-order valence-corrected chi connectivity index (χ2v) is 8.75. The highest BCUT2D eigenvalue weighted by molar-refractivity contribution is 5.94. The van der Waals surface area contributed by atoms with E-state index in [1.165, 1.54) is 51.4 Å². The van der Waals surface area contributed by atoms with Gasteiger partial charge in [0.2, 0.25) is 17.7 Å². The Hall–Kier alpha value is -2.37. The van der Waals surface area contributed by atoms with Crippen molar-refractivity contribution in [3.05, 3.63) is 29.3 Å². The van der Waals surface area contributed by atoms with Crippen LogP contribution >= 0.6 is 0 Å². The van der Waals surface area contributed by atoms with Gasteiger partial charge in [-0.25, -0.2) is 0 Å². The number of nitrogens with one attached hydrogen (secondary N) is 3. The van der Waals surface area contributed by atoms with Gasteiger partial charge in [-0.2, -0.15) is 0 Å². The molecule has 1 rings (SSSR count). The normalized spacial score (nSPS) is 10.6. The number of benzene rings is 1. The van der Waals surface area contributed by atoms with Gasteiger partial charge in [-0.1, -0.05) is 83.3 Å². The molecular formula is C26H43N3O3. The standard InChI is InChI=1S/C26H43N3O3/c1-4-5-6-7-8-9-10-11-12-13-14-15-25(31)28-29-26(32)19-18-24(30)27-23-20-21(2)16-17-22(23)3/h16-17,20H,4-15,18-19H2,1-3H3,(H,27,30)(H,28,31)(H,29,32). The summed E-state index contributed by atoms with van der Waals surface area (Å²) in [6, 6.07) is 5.84. The maximum Gasteiger partial charge on any atom is 0.238 e. The van der Waals surface area contributed by atoms with Crippen molar-refractivity contribution in [2.75, 3.05) is 5.32 Å². The number of hydrazine groups is 1. The van der Waals surface area contributed by atoms with Gasteiger partial charge in [0.25, 0.3) is 0 Å². The number of amides is 3. The van der Waals surface area contributed by atoms with E-state index >= 15 is 0 Å². The van der Waals surface area contributed by atoms with E-state index in [2.05, 4.69) is 23.1 Å². The average molecular weight is 446 g/mol. The molecule has 180 valence electrons. The molecule has 0 atom stereocenters. The van der Waals surface area contributed by atoms with Gasteiger partial charge in [-0.15, -0.1) is 0 Å². The Kier molecular flexibility index (Phi) is 14.9. The van der Waals surface area contributed by atoms with E-state index in [0.717, 1.165) is 36.1 Å². The van der Waals surface area contributed by atoms with Crippen molar-refractivity contribution in [3.8, 4) is 0 Å².